The van der Waals surface area contributed by atoms with Crippen molar-refractivity contribution < 1.29 is 38.5 Å². The normalized spacial score (nSPS) is 9.51. The maximum absolute atomic E-state index is 13.0. The molecule has 0 N–H and O–H groups in total. The van der Waals surface area contributed by atoms with Gasteiger partial charge in [-0.1, -0.05) is 45.2 Å². The molecule has 0 unspecified atom stereocenters. The molecule has 6 rings (SSSR count). The zero-order valence-electron chi connectivity index (χ0n) is 26.7. The van der Waals surface area contributed by atoms with E-state index in [1.807, 2.05) is 87.3 Å². The van der Waals surface area contributed by atoms with Crippen LogP contribution >= 0.6 is 0 Å². The first-order valence-corrected chi connectivity index (χ1v) is 14.0. The zero-order chi connectivity index (χ0) is 34.1. The van der Waals surface area contributed by atoms with E-state index in [-0.39, 0.29) is 31.7 Å². The Morgan fingerprint density at radius 2 is 1.47 bits per heavy atom. The molecule has 0 amide bonds. The van der Waals surface area contributed by atoms with Gasteiger partial charge < -0.3 is 19.8 Å². The fraction of sp³-hybridized carbons (Fsp3) is 0.206. The molecule has 10 nitrogen and oxygen atoms in total. The van der Waals surface area contributed by atoms with Crippen LogP contribution in [0.25, 0.3) is 33.9 Å². The van der Waals surface area contributed by atoms with E-state index in [1.165, 1.54) is 24.3 Å². The van der Waals surface area contributed by atoms with Crippen molar-refractivity contribution in [3.8, 4) is 33.9 Å². The number of carbonyl (C=O) groups excluding carboxylic acids is 2. The molecule has 6 aromatic rings. The monoisotopic (exact) mass is 818 g/mol. The van der Waals surface area contributed by atoms with E-state index in [1.54, 1.807) is 12.4 Å². The second-order valence-corrected chi connectivity index (χ2v) is 9.34. The van der Waals surface area contributed by atoms with Gasteiger partial charge in [-0.3, -0.25) is 28.3 Å². The van der Waals surface area contributed by atoms with Crippen molar-refractivity contribution in [2.24, 2.45) is 7.05 Å². The van der Waals surface area contributed by atoms with Crippen LogP contribution in [0.15, 0.2) is 73.2 Å². The number of rotatable bonds is 5. The molecule has 4 aromatic heterocycles. The molecule has 246 valence electrons. The number of aromatic nitrogens is 8. The van der Waals surface area contributed by atoms with Gasteiger partial charge in [-0.05, 0) is 31.2 Å². The van der Waals surface area contributed by atoms with Crippen molar-refractivity contribution in [1.82, 2.24) is 40.0 Å². The predicted molar refractivity (Wildman–Crippen MR) is 171 cm³/mol. The Bertz CT molecular complexity index is 1760. The van der Waals surface area contributed by atoms with Crippen molar-refractivity contribution >= 4 is 13.6 Å². The molecule has 0 saturated carbocycles. The van der Waals surface area contributed by atoms with E-state index in [0.29, 0.717) is 5.69 Å². The summed E-state index contributed by atoms with van der Waals surface area (Å²) >= 11 is 0. The van der Waals surface area contributed by atoms with Gasteiger partial charge in [-0.25, -0.2) is 10.2 Å². The minimum Gasteiger partial charge on any atom is -0.358 e. The predicted octanol–water partition coefficient (Wildman–Crippen LogP) is 5.84. The van der Waals surface area contributed by atoms with Crippen LogP contribution in [-0.4, -0.2) is 48.4 Å². The quantitative estimate of drug-likeness (QED) is 0.199. The van der Waals surface area contributed by atoms with Crippen LogP contribution in [0, 0.1) is 37.6 Å². The minimum atomic E-state index is -0.258. The summed E-state index contributed by atoms with van der Waals surface area (Å²) in [4.78, 5) is 20.1. The summed E-state index contributed by atoms with van der Waals surface area (Å²) < 4.78 is 29.5. The largest absolute Gasteiger partial charge is 3.00 e. The van der Waals surface area contributed by atoms with Gasteiger partial charge in [-0.15, -0.1) is 58.7 Å². The number of hydrogen-bond donors (Lipinski definition) is 0. The molecule has 2 aromatic carbocycles. The molecular weight excluding hydrogens is 783 g/mol. The second-order valence-electron chi connectivity index (χ2n) is 9.34. The van der Waals surface area contributed by atoms with Crippen LogP contribution in [-0.2, 0) is 49.7 Å². The van der Waals surface area contributed by atoms with Gasteiger partial charge in [0.15, 0.2) is 0 Å². The van der Waals surface area contributed by atoms with Crippen molar-refractivity contribution in [3.63, 3.8) is 0 Å². The van der Waals surface area contributed by atoms with Crippen molar-refractivity contribution in [2.45, 2.75) is 40.7 Å². The zero-order valence-corrected chi connectivity index (χ0v) is 29.1. The third-order valence-electron chi connectivity index (χ3n) is 6.33. The molecular formula is C34H35F2IrN8O2. The molecule has 13 heteroatoms. The van der Waals surface area contributed by atoms with Crippen LogP contribution in [0.4, 0.5) is 8.78 Å². The standard InChI is InChI=1S/C13H14FN2.C12H12FN2.C7H5N4.2CH2O.Ir/c1-4-11-8-13(15-16(11)3)12-6-5-10(14)7-9(12)2;1-3-15-7-6-12(14-15)11-5-4-10(13)8-9(11)2;1-2-4-8-6(3-1)7-5-9-11-10-7;2*1-2;/h5,7-8H,4H2,1-3H3;4,6-8H,3H2,1-2H3;1-5H;2*1H2;/q3*-1;;;+3. The third kappa shape index (κ3) is 11.7. The summed E-state index contributed by atoms with van der Waals surface area (Å²) in [6, 6.07) is 21.1. The molecule has 47 heavy (non-hydrogen) atoms. The molecule has 0 radical (unpaired) electrons. The first kappa shape index (κ1) is 40.0. The number of pyridine rings is 1. The van der Waals surface area contributed by atoms with Crippen molar-refractivity contribution in [2.75, 3.05) is 0 Å². The van der Waals surface area contributed by atoms with Gasteiger partial charge in [0.2, 0.25) is 0 Å². The second kappa shape index (κ2) is 20.9. The average molecular weight is 818 g/mol. The Kier molecular flexibility index (Phi) is 17.8. The first-order valence-electron chi connectivity index (χ1n) is 14.0. The number of carbonyl (C=O) groups is 2. The van der Waals surface area contributed by atoms with Crippen LogP contribution < -0.4 is 5.10 Å². The van der Waals surface area contributed by atoms with Crippen LogP contribution in [0.2, 0.25) is 0 Å². The maximum atomic E-state index is 13.0. The van der Waals surface area contributed by atoms with E-state index in [2.05, 4.69) is 49.6 Å². The van der Waals surface area contributed by atoms with E-state index < -0.39 is 0 Å². The summed E-state index contributed by atoms with van der Waals surface area (Å²) in [6.45, 7) is 12.7. The Morgan fingerprint density at radius 3 is 1.91 bits per heavy atom. The number of hydrogen-bond acceptors (Lipinski definition) is 7. The SMILES string of the molecule is C=O.C=O.CCc1cc(-c2[c-]cc(F)cc2C)nn1C.CCn1ccc(-c2[c-]cc(F)cc2C)n1.[Ir+3].c1ccc(-c2cnn[n-]2)nc1. The van der Waals surface area contributed by atoms with E-state index in [9.17, 15) is 8.78 Å². The molecule has 0 bridgehead atoms. The van der Waals surface area contributed by atoms with Crippen LogP contribution in [0.3, 0.4) is 0 Å². The molecule has 4 heterocycles. The summed E-state index contributed by atoms with van der Waals surface area (Å²) in [7, 11) is 1.92. The molecule has 0 spiro atoms. The molecule has 0 atom stereocenters. The van der Waals surface area contributed by atoms with Gasteiger partial charge in [-0.2, -0.15) is 0 Å². The molecule has 0 aliphatic carbocycles. The molecule has 0 aliphatic rings. The maximum Gasteiger partial charge on any atom is 3.00 e. The third-order valence-corrected chi connectivity index (χ3v) is 6.33. The Hall–Kier alpha value is -5.00. The van der Waals surface area contributed by atoms with Gasteiger partial charge in [0.05, 0.1) is 5.69 Å². The van der Waals surface area contributed by atoms with Crippen molar-refractivity contribution in [3.05, 3.63) is 114 Å². The van der Waals surface area contributed by atoms with Gasteiger partial charge >= 0.3 is 20.1 Å². The van der Waals surface area contributed by atoms with Gasteiger partial charge in [0, 0.05) is 54.7 Å². The summed E-state index contributed by atoms with van der Waals surface area (Å²) in [5.74, 6) is -0.515. The van der Waals surface area contributed by atoms with Gasteiger partial charge in [0.1, 0.15) is 13.6 Å². The fourth-order valence-corrected chi connectivity index (χ4v) is 4.15. The van der Waals surface area contributed by atoms with Crippen LogP contribution in [0.1, 0.15) is 30.7 Å². The van der Waals surface area contributed by atoms with Crippen molar-refractivity contribution in [1.29, 1.82) is 0 Å². The molecule has 0 saturated heterocycles. The Labute approximate surface area is 286 Å². The number of halogens is 2. The number of aryl methyl sites for hydroxylation is 5. The smallest absolute Gasteiger partial charge is 0.358 e. The summed E-state index contributed by atoms with van der Waals surface area (Å²) in [5, 5.41) is 19.6. The van der Waals surface area contributed by atoms with E-state index in [4.69, 9.17) is 9.59 Å². The van der Waals surface area contributed by atoms with Crippen LogP contribution in [0.5, 0.6) is 0 Å². The topological polar surface area (TPSA) is 123 Å². The van der Waals surface area contributed by atoms with E-state index in [0.717, 1.165) is 58.0 Å². The average Bonchev–Trinajstić information content (AvgIpc) is 3.86. The first-order chi connectivity index (χ1) is 22.3. The van der Waals surface area contributed by atoms with Gasteiger partial charge in [0.25, 0.3) is 0 Å². The Morgan fingerprint density at radius 1 is 0.851 bits per heavy atom. The van der Waals surface area contributed by atoms with E-state index >= 15 is 0 Å². The summed E-state index contributed by atoms with van der Waals surface area (Å²) in [6.07, 6.45) is 6.14. The number of nitrogens with zero attached hydrogens (tertiary/aromatic N) is 8. The molecule has 0 fully saturated rings. The Balaban J connectivity index is 0.000000335. The number of benzene rings is 2. The minimum absolute atomic E-state index is 0. The molecule has 0 aliphatic heterocycles. The fourth-order valence-electron chi connectivity index (χ4n) is 4.15. The summed E-state index contributed by atoms with van der Waals surface area (Å²) in [5.41, 5.74) is 7.83.